The second-order valence-corrected chi connectivity index (χ2v) is 11.4. The van der Waals surface area contributed by atoms with Crippen molar-refractivity contribution in [3.05, 3.63) is 18.1 Å². The van der Waals surface area contributed by atoms with E-state index in [-0.39, 0.29) is 23.1 Å². The summed E-state index contributed by atoms with van der Waals surface area (Å²) in [5.74, 6) is 3.85. The molecule has 5 rings (SSSR count). The van der Waals surface area contributed by atoms with Gasteiger partial charge in [0.05, 0.1) is 12.2 Å². The number of aromatic nitrogens is 2. The lowest BCUT2D eigenvalue weighted by Crippen LogP contribution is -2.52. The van der Waals surface area contributed by atoms with E-state index in [4.69, 9.17) is 10.00 Å². The highest BCUT2D eigenvalue weighted by Gasteiger charge is 2.59. The predicted molar refractivity (Wildman–Crippen MR) is 123 cm³/mol. The van der Waals surface area contributed by atoms with Crippen LogP contribution in [0.3, 0.4) is 0 Å². The van der Waals surface area contributed by atoms with Gasteiger partial charge in [-0.1, -0.05) is 6.92 Å². The van der Waals surface area contributed by atoms with Crippen LogP contribution in [0.25, 0.3) is 0 Å². The van der Waals surface area contributed by atoms with Crippen molar-refractivity contribution in [2.45, 2.75) is 70.3 Å². The Balaban J connectivity index is 1.28. The Morgan fingerprint density at radius 1 is 1.21 bits per heavy atom. The number of nitrogens with zero attached hydrogens (tertiary/aromatic N) is 3. The molecular formula is C26H36N4O3. The number of anilines is 1. The van der Waals surface area contributed by atoms with Gasteiger partial charge in [-0.2, -0.15) is 5.26 Å². The van der Waals surface area contributed by atoms with Crippen LogP contribution in [0.1, 0.15) is 70.5 Å². The minimum atomic E-state index is -0.644. The first-order valence-electron chi connectivity index (χ1n) is 12.6. The number of nitrogens with one attached hydrogen (secondary N) is 1. The number of nitriles is 1. The van der Waals surface area contributed by atoms with Gasteiger partial charge in [-0.05, 0) is 98.9 Å². The van der Waals surface area contributed by atoms with Crippen LogP contribution >= 0.6 is 0 Å². The summed E-state index contributed by atoms with van der Waals surface area (Å²) in [6.07, 6.45) is 11.1. The van der Waals surface area contributed by atoms with Gasteiger partial charge in [0, 0.05) is 19.2 Å². The average molecular weight is 453 g/mol. The van der Waals surface area contributed by atoms with E-state index in [1.54, 1.807) is 13.2 Å². The molecule has 1 amide bonds. The van der Waals surface area contributed by atoms with E-state index < -0.39 is 5.60 Å². The molecule has 7 nitrogen and oxygen atoms in total. The number of fused-ring (bicyclic) bond motifs is 5. The van der Waals surface area contributed by atoms with Crippen LogP contribution < -0.4 is 5.32 Å². The van der Waals surface area contributed by atoms with Gasteiger partial charge in [0.25, 0.3) is 0 Å². The van der Waals surface area contributed by atoms with Crippen molar-refractivity contribution >= 4 is 11.7 Å². The molecule has 0 aromatic carbocycles. The molecule has 178 valence electrons. The summed E-state index contributed by atoms with van der Waals surface area (Å²) in [6, 6.07) is 3.58. The van der Waals surface area contributed by atoms with E-state index in [0.29, 0.717) is 36.1 Å². The molecular weight excluding hydrogens is 416 g/mol. The maximum Gasteiger partial charge on any atom is 0.234 e. The topological polar surface area (TPSA) is 108 Å². The first-order valence-corrected chi connectivity index (χ1v) is 12.6. The van der Waals surface area contributed by atoms with E-state index in [1.165, 1.54) is 25.5 Å². The molecule has 4 aliphatic carbocycles. The van der Waals surface area contributed by atoms with Gasteiger partial charge < -0.3 is 15.2 Å². The molecule has 4 aliphatic rings. The average Bonchev–Trinajstić information content (AvgIpc) is 3.16. The van der Waals surface area contributed by atoms with E-state index in [1.807, 2.05) is 6.07 Å². The summed E-state index contributed by atoms with van der Waals surface area (Å²) in [7, 11) is 1.68. The van der Waals surface area contributed by atoms with Crippen LogP contribution in [-0.2, 0) is 9.53 Å². The fraction of sp³-hybridized carbons (Fsp3) is 0.769. The summed E-state index contributed by atoms with van der Waals surface area (Å²) in [5.41, 5.74) is -0.622. The van der Waals surface area contributed by atoms with Crippen LogP contribution in [0.2, 0.25) is 0 Å². The number of hydrogen-bond acceptors (Lipinski definition) is 6. The van der Waals surface area contributed by atoms with Crippen molar-refractivity contribution < 1.29 is 14.6 Å². The zero-order valence-corrected chi connectivity index (χ0v) is 19.8. The second kappa shape index (κ2) is 8.63. The monoisotopic (exact) mass is 452 g/mol. The number of amides is 1. The zero-order chi connectivity index (χ0) is 23.2. The highest BCUT2D eigenvalue weighted by molar-refractivity contribution is 5.92. The van der Waals surface area contributed by atoms with Crippen molar-refractivity contribution in [1.82, 2.24) is 9.97 Å². The third-order valence-electron chi connectivity index (χ3n) is 9.84. The summed E-state index contributed by atoms with van der Waals surface area (Å²) in [6.45, 7) is 2.79. The molecule has 0 unspecified atom stereocenters. The number of ether oxygens (including phenoxy) is 1. The molecule has 33 heavy (non-hydrogen) atoms. The maximum atomic E-state index is 13.3. The lowest BCUT2D eigenvalue weighted by atomic mass is 9.49. The largest absolute Gasteiger partial charge is 0.387 e. The molecule has 0 spiro atoms. The van der Waals surface area contributed by atoms with Crippen LogP contribution in [0, 0.1) is 52.3 Å². The van der Waals surface area contributed by atoms with Crippen molar-refractivity contribution in [2.75, 3.05) is 19.0 Å². The van der Waals surface area contributed by atoms with E-state index in [0.717, 1.165) is 44.4 Å². The molecule has 8 atom stereocenters. The summed E-state index contributed by atoms with van der Waals surface area (Å²) in [5, 5.41) is 23.0. The summed E-state index contributed by atoms with van der Waals surface area (Å²) >= 11 is 0. The van der Waals surface area contributed by atoms with Crippen LogP contribution in [0.15, 0.2) is 12.3 Å². The Bertz CT molecular complexity index is 948. The molecule has 4 fully saturated rings. The van der Waals surface area contributed by atoms with Gasteiger partial charge in [-0.3, -0.25) is 4.79 Å². The highest BCUT2D eigenvalue weighted by atomic mass is 16.5. The molecule has 1 heterocycles. The molecule has 1 aromatic heterocycles. The van der Waals surface area contributed by atoms with E-state index >= 15 is 0 Å². The smallest absolute Gasteiger partial charge is 0.234 e. The Labute approximate surface area is 196 Å². The number of carbonyl (C=O) groups excluding carboxylic acids is 1. The van der Waals surface area contributed by atoms with Crippen molar-refractivity contribution in [3.8, 4) is 6.07 Å². The first kappa shape index (κ1) is 22.7. The fourth-order valence-corrected chi connectivity index (χ4v) is 8.49. The minimum Gasteiger partial charge on any atom is -0.387 e. The summed E-state index contributed by atoms with van der Waals surface area (Å²) in [4.78, 5) is 21.3. The van der Waals surface area contributed by atoms with Crippen LogP contribution in [-0.4, -0.2) is 40.3 Å². The number of aliphatic hydroxyl groups is 1. The van der Waals surface area contributed by atoms with E-state index in [2.05, 4.69) is 22.2 Å². The van der Waals surface area contributed by atoms with Crippen molar-refractivity contribution in [3.63, 3.8) is 0 Å². The Kier molecular flexibility index (Phi) is 5.95. The van der Waals surface area contributed by atoms with Crippen LogP contribution in [0.5, 0.6) is 0 Å². The summed E-state index contributed by atoms with van der Waals surface area (Å²) < 4.78 is 5.32. The Morgan fingerprint density at radius 2 is 2.03 bits per heavy atom. The van der Waals surface area contributed by atoms with Gasteiger partial charge in [-0.25, -0.2) is 9.97 Å². The Morgan fingerprint density at radius 3 is 2.82 bits per heavy atom. The normalized spacial score (nSPS) is 41.9. The lowest BCUT2D eigenvalue weighted by Gasteiger charge is -2.57. The molecule has 0 radical (unpaired) electrons. The minimum absolute atomic E-state index is 0.0141. The highest BCUT2D eigenvalue weighted by Crippen LogP contribution is 2.64. The number of methoxy groups -OCH3 is 1. The second-order valence-electron chi connectivity index (χ2n) is 11.4. The first-order chi connectivity index (χ1) is 15.9. The van der Waals surface area contributed by atoms with E-state index in [9.17, 15) is 9.90 Å². The van der Waals surface area contributed by atoms with Gasteiger partial charge in [0.15, 0.2) is 0 Å². The molecule has 2 N–H and O–H groups in total. The molecule has 1 aromatic rings. The van der Waals surface area contributed by atoms with Crippen molar-refractivity contribution in [2.24, 2.45) is 40.9 Å². The SMILES string of the molecule is COC[C@@]1(O)CC[C@H]2[C@H](CC[C@@H]3[C@@H]2CC[C@]2(C)[C@@H](C(=O)Nc4ccnc(C#N)n4)CC[C@@H]32)C1. The van der Waals surface area contributed by atoms with Crippen molar-refractivity contribution in [1.29, 1.82) is 5.26 Å². The predicted octanol–water partition coefficient (Wildman–Crippen LogP) is 3.93. The number of carbonyl (C=O) groups is 1. The molecule has 7 heteroatoms. The maximum absolute atomic E-state index is 13.3. The van der Waals surface area contributed by atoms with Crippen LogP contribution in [0.4, 0.5) is 5.82 Å². The third kappa shape index (κ3) is 3.95. The van der Waals surface area contributed by atoms with Gasteiger partial charge in [-0.15, -0.1) is 0 Å². The Hall–Kier alpha value is -2.04. The molecule has 4 saturated carbocycles. The number of rotatable bonds is 4. The molecule has 0 saturated heterocycles. The number of hydrogen-bond donors (Lipinski definition) is 2. The van der Waals surface area contributed by atoms with Gasteiger partial charge in [0.2, 0.25) is 11.7 Å². The van der Waals surface area contributed by atoms with Gasteiger partial charge in [0.1, 0.15) is 11.9 Å². The quantitative estimate of drug-likeness (QED) is 0.716. The molecule has 0 aliphatic heterocycles. The fourth-order valence-electron chi connectivity index (χ4n) is 8.49. The zero-order valence-electron chi connectivity index (χ0n) is 19.8. The van der Waals surface area contributed by atoms with Gasteiger partial charge >= 0.3 is 0 Å². The molecule has 0 bridgehead atoms. The standard InChI is InChI=1S/C26H36N4O3/c1-25-10-7-18-17-8-11-26(32,15-33-2)13-16(17)3-4-19(18)20(25)5-6-21(25)24(31)30-22-9-12-28-23(14-27)29-22/h9,12,16-21,32H,3-8,10-11,13,15H2,1-2H3,(H,28,29,30,31)/t16-,17+,18-,19-,20+,21-,25+,26-/m1/s1. The lowest BCUT2D eigenvalue weighted by molar-refractivity contribution is -0.134. The third-order valence-corrected chi connectivity index (χ3v) is 9.84.